The van der Waals surface area contributed by atoms with Gasteiger partial charge in [0.15, 0.2) is 4.34 Å². The first-order valence-electron chi connectivity index (χ1n) is 39.1. The molecule has 7 aliphatic heterocycles. The van der Waals surface area contributed by atoms with E-state index in [-0.39, 0.29) is 104 Å². The van der Waals surface area contributed by atoms with Crippen LogP contribution in [0.5, 0.6) is 5.75 Å². The Labute approximate surface area is 692 Å². The molecule has 9 aromatic rings. The number of piperidine rings is 3. The number of Topliss-reactive ketones (excluding diaryl/α,β-unsaturated/α-hetero) is 2. The number of ether oxygens (including phenoxy) is 5. The summed E-state index contributed by atoms with van der Waals surface area (Å²) in [4.78, 5) is 98.3. The molecule has 618 valence electrons. The smallest absolute Gasteiger partial charge is 0.300 e. The largest absolute Gasteiger partial charge is 0.493 e. The van der Waals surface area contributed by atoms with E-state index >= 15 is 0 Å². The highest BCUT2D eigenvalue weighted by Gasteiger charge is 2.44. The van der Waals surface area contributed by atoms with Crippen LogP contribution in [0.15, 0.2) is 146 Å². The van der Waals surface area contributed by atoms with Gasteiger partial charge in [-0.05, 0) is 157 Å². The number of ketones is 2. The van der Waals surface area contributed by atoms with Crippen LogP contribution in [0.1, 0.15) is 112 Å². The van der Waals surface area contributed by atoms with Gasteiger partial charge in [-0.15, -0.1) is 22.7 Å². The molecule has 0 N–H and O–H groups in total. The van der Waals surface area contributed by atoms with Crippen molar-refractivity contribution >= 4 is 160 Å². The number of nitro groups is 1. The fourth-order valence-corrected chi connectivity index (χ4v) is 24.6. The molecule has 2 aromatic heterocycles. The topological polar surface area (TPSA) is 317 Å². The van der Waals surface area contributed by atoms with Crippen molar-refractivity contribution in [2.75, 3.05) is 140 Å². The Morgan fingerprint density at radius 2 is 1.08 bits per heavy atom. The summed E-state index contributed by atoms with van der Waals surface area (Å²) in [6, 6.07) is 36.5. The van der Waals surface area contributed by atoms with Crippen molar-refractivity contribution in [1.82, 2.24) is 12.9 Å². The lowest BCUT2D eigenvalue weighted by molar-refractivity contribution is -0.384. The van der Waals surface area contributed by atoms with Gasteiger partial charge in [0, 0.05) is 183 Å². The number of benzene rings is 7. The Morgan fingerprint density at radius 1 is 0.564 bits per heavy atom. The number of nitrogens with zero attached hydrogens (tertiary/aromatic N) is 8. The number of hydrogen-bond donors (Lipinski definition) is 0. The van der Waals surface area contributed by atoms with E-state index in [2.05, 4.69) is 0 Å². The van der Waals surface area contributed by atoms with Crippen molar-refractivity contribution in [3.63, 3.8) is 0 Å². The molecular formula is C84H91ClN8O19S5. The molecule has 0 saturated carbocycles. The molecule has 117 heavy (non-hydrogen) atoms. The normalized spacial score (nSPS) is 18.1. The van der Waals surface area contributed by atoms with Crippen LogP contribution >= 0.6 is 34.3 Å². The lowest BCUT2D eigenvalue weighted by Gasteiger charge is -2.37. The van der Waals surface area contributed by atoms with Gasteiger partial charge in [-0.2, -0.15) is 12.9 Å². The average molecular weight is 1710 g/mol. The zero-order valence-electron chi connectivity index (χ0n) is 65.3. The van der Waals surface area contributed by atoms with E-state index in [0.717, 1.165) is 102 Å². The number of amides is 4. The third kappa shape index (κ3) is 16.9. The molecular weight excluding hydrogens is 1620 g/mol. The van der Waals surface area contributed by atoms with Gasteiger partial charge in [-0.25, -0.2) is 25.3 Å². The van der Waals surface area contributed by atoms with Crippen molar-refractivity contribution < 1.29 is 82.6 Å². The minimum atomic E-state index is -4.04. The Morgan fingerprint density at radius 3 is 1.58 bits per heavy atom. The van der Waals surface area contributed by atoms with Crippen LogP contribution in [0.25, 0.3) is 32.3 Å². The summed E-state index contributed by atoms with van der Waals surface area (Å²) in [7, 11) is -5.08. The molecule has 33 heteroatoms. The number of anilines is 4. The summed E-state index contributed by atoms with van der Waals surface area (Å²) in [6.07, 6.45) is 7.39. The van der Waals surface area contributed by atoms with Gasteiger partial charge in [-0.1, -0.05) is 72.6 Å². The molecule has 9 heterocycles. The van der Waals surface area contributed by atoms with Crippen molar-refractivity contribution in [1.29, 1.82) is 0 Å². The van der Waals surface area contributed by atoms with E-state index in [9.17, 15) is 64.1 Å². The molecule has 3 saturated heterocycles. The highest BCUT2D eigenvalue weighted by atomic mass is 35.5. The van der Waals surface area contributed by atoms with Gasteiger partial charge < -0.3 is 43.3 Å². The first-order valence-corrected chi connectivity index (χ1v) is 45.5. The summed E-state index contributed by atoms with van der Waals surface area (Å²) in [6.45, 7) is 5.48. The lowest BCUT2D eigenvalue weighted by atomic mass is 9.89. The molecule has 0 aliphatic carbocycles. The van der Waals surface area contributed by atoms with E-state index in [1.54, 1.807) is 89.8 Å². The van der Waals surface area contributed by atoms with Crippen LogP contribution in [0.2, 0.25) is 4.34 Å². The SMILES string of the molecule is COCCCN1C(=O)c2cccc3c(CC(=O)C4CCCN(S(=O)(=O)c5cc([N+](=O)[O-])c(Cl)s5)C4)ccc1c23.COCCCN1C(=O)c2cccc3c(CC(=O)C4CCCN(S(=O)(=O)c5ccc6c(c5)CCO6)C4)ccc1c23.COCCCN1C(=O)c2cccc3c(N(CCOC)C(=O)C4CCCCN4S(=O)(=O)c4cccs4)ccc1c23. The van der Waals surface area contributed by atoms with Crippen LogP contribution in [-0.4, -0.2) is 205 Å². The lowest BCUT2D eigenvalue weighted by Crippen LogP contribution is -2.53. The van der Waals surface area contributed by atoms with Crippen LogP contribution in [0.4, 0.5) is 28.4 Å². The molecule has 3 fully saturated rings. The number of rotatable bonds is 30. The van der Waals surface area contributed by atoms with E-state index in [1.807, 2.05) is 84.9 Å². The molecule has 3 atom stereocenters. The van der Waals surface area contributed by atoms with Crippen LogP contribution < -0.4 is 24.3 Å². The highest BCUT2D eigenvalue weighted by Crippen LogP contribution is 2.46. The van der Waals surface area contributed by atoms with E-state index in [4.69, 9.17) is 35.3 Å². The molecule has 4 amide bonds. The van der Waals surface area contributed by atoms with Crippen molar-refractivity contribution in [3.05, 3.63) is 181 Å². The van der Waals surface area contributed by atoms with Gasteiger partial charge in [0.25, 0.3) is 43.5 Å². The van der Waals surface area contributed by atoms with E-state index in [0.29, 0.717) is 151 Å². The maximum Gasteiger partial charge on any atom is 0.300 e. The first-order chi connectivity index (χ1) is 56.4. The van der Waals surface area contributed by atoms with Crippen molar-refractivity contribution in [2.24, 2.45) is 11.8 Å². The highest BCUT2D eigenvalue weighted by molar-refractivity contribution is 7.91. The predicted molar refractivity (Wildman–Crippen MR) is 448 cm³/mol. The molecule has 16 rings (SSSR count). The molecule has 0 bridgehead atoms. The molecule has 3 unspecified atom stereocenters. The third-order valence-corrected chi connectivity index (χ3v) is 31.5. The second kappa shape index (κ2) is 36.3. The number of halogens is 1. The maximum atomic E-state index is 14.2. The maximum absolute atomic E-state index is 14.2. The quantitative estimate of drug-likeness (QED) is 0.0229. The first kappa shape index (κ1) is 84.5. The molecule has 7 aliphatic rings. The zero-order chi connectivity index (χ0) is 82.6. The van der Waals surface area contributed by atoms with Crippen LogP contribution in [0.3, 0.4) is 0 Å². The standard InChI is InChI=1S/C30H32N2O6S.C28H33N3O6S2.C26H26ClN3O7S2/c1-37-15-4-14-32-26-10-8-20(24-6-2-7-25(29(24)26)30(32)34)18-27(33)22-5-3-13-31(19-22)39(35,36)23-9-11-28-21(17-23)12-16-38-28;1-36-17-7-14-29-23-13-12-22(20-8-5-9-21(26(20)23)27(29)32)30(16-18-37-2)28(33)24-10-3-4-15-31(24)39(34,35)25-11-6-19-38-25;1-37-12-4-11-29-20-9-8-16(18-6-2-7-19(24(18)20)26(29)32)13-22(31)17-5-3-10-28(15-17)39(35,36)23-14-21(30(33)34)25(27)38-23/h2,6-11,17,22H,3-5,12-16,18-19H2,1H3;5-6,8-9,11-13,19,24H,3-4,7,10,14-18H2,1-2H3;2,6-9,14,17H,3-5,10-13,15H2,1H3. The number of carbonyl (C=O) groups is 6. The Bertz CT molecular complexity index is 5710. The minimum Gasteiger partial charge on any atom is -0.493 e. The molecule has 27 nitrogen and oxygen atoms in total. The number of fused-ring (bicyclic) bond motifs is 1. The summed E-state index contributed by atoms with van der Waals surface area (Å²) in [5, 5.41) is 17.9. The monoisotopic (exact) mass is 1710 g/mol. The van der Waals surface area contributed by atoms with Crippen molar-refractivity contribution in [3.8, 4) is 5.75 Å². The van der Waals surface area contributed by atoms with Gasteiger partial charge >= 0.3 is 0 Å². The Kier molecular flexibility index (Phi) is 26.2. The Hall–Kier alpha value is -9.00. The average Bonchev–Trinajstić information content (AvgIpc) is 1.62. The van der Waals surface area contributed by atoms with Gasteiger partial charge in [-0.3, -0.25) is 38.9 Å². The summed E-state index contributed by atoms with van der Waals surface area (Å²) >= 11 is 7.69. The predicted octanol–water partition coefficient (Wildman–Crippen LogP) is 12.8. The summed E-state index contributed by atoms with van der Waals surface area (Å²) in [5.41, 5.74) is 7.10. The fraction of sp³-hybridized carbons (Fsp3) is 0.405. The Balaban J connectivity index is 0.000000144. The molecule has 0 radical (unpaired) electrons. The van der Waals surface area contributed by atoms with E-state index in [1.165, 1.54) is 12.9 Å². The number of methoxy groups -OCH3 is 4. The number of sulfonamides is 3. The van der Waals surface area contributed by atoms with Gasteiger partial charge in [0.1, 0.15) is 31.8 Å². The second-order valence-electron chi connectivity index (χ2n) is 29.8. The summed E-state index contributed by atoms with van der Waals surface area (Å²) < 4.78 is 111. The fourth-order valence-electron chi connectivity index (χ4n) is 16.9. The van der Waals surface area contributed by atoms with E-state index < -0.39 is 52.6 Å². The minimum absolute atomic E-state index is 0.00247. The van der Waals surface area contributed by atoms with Gasteiger partial charge in [0.2, 0.25) is 15.9 Å². The number of carbonyl (C=O) groups excluding carboxylic acids is 6. The number of hydrogen-bond acceptors (Lipinski definition) is 21. The second-order valence-corrected chi connectivity index (χ2v) is 38.6. The van der Waals surface area contributed by atoms with Gasteiger partial charge in [0.05, 0.1) is 45.8 Å². The van der Waals surface area contributed by atoms with Crippen molar-refractivity contribution in [2.45, 2.75) is 103 Å². The third-order valence-electron chi connectivity index (χ3n) is 22.7. The molecule has 0 spiro atoms. The van der Waals surface area contributed by atoms with Crippen LogP contribution in [-0.2, 0) is 82.7 Å². The summed E-state index contributed by atoms with van der Waals surface area (Å²) in [5.74, 6) is -0.667. The molecule has 7 aromatic carbocycles. The number of thiophene rings is 2. The van der Waals surface area contributed by atoms with Crippen LogP contribution in [0, 0.1) is 22.0 Å². The zero-order valence-corrected chi connectivity index (χ0v) is 70.1.